The molecule has 6 heteroatoms. The largest absolute Gasteiger partial charge is 0.496 e. The van der Waals surface area contributed by atoms with Crippen LogP contribution in [0.5, 0.6) is 5.75 Å². The van der Waals surface area contributed by atoms with Gasteiger partial charge in [-0.1, -0.05) is 0 Å². The van der Waals surface area contributed by atoms with Crippen LogP contribution in [0.1, 0.15) is 25.0 Å². The van der Waals surface area contributed by atoms with Crippen molar-refractivity contribution in [2.24, 2.45) is 5.10 Å². The molecule has 110 valence electrons. The maximum absolute atomic E-state index is 5.30. The van der Waals surface area contributed by atoms with Gasteiger partial charge in [0, 0.05) is 19.2 Å². The van der Waals surface area contributed by atoms with E-state index in [0.29, 0.717) is 11.7 Å². The lowest BCUT2D eigenvalue weighted by Crippen LogP contribution is -2.32. The Balaban J connectivity index is 2.87. The van der Waals surface area contributed by atoms with Crippen molar-refractivity contribution in [3.63, 3.8) is 0 Å². The summed E-state index contributed by atoms with van der Waals surface area (Å²) in [4.78, 5) is 0. The predicted octanol–water partition coefficient (Wildman–Crippen LogP) is 2.05. The third-order valence-corrected chi connectivity index (χ3v) is 2.90. The summed E-state index contributed by atoms with van der Waals surface area (Å²) in [5, 5.41) is 7.74. The van der Waals surface area contributed by atoms with Crippen molar-refractivity contribution in [2.75, 3.05) is 20.8 Å². The number of nitrogens with one attached hydrogen (secondary N) is 2. The predicted molar refractivity (Wildman–Crippen MR) is 85.3 cm³/mol. The average molecular weight is 295 g/mol. The van der Waals surface area contributed by atoms with Gasteiger partial charge in [-0.2, -0.15) is 5.10 Å². The monoisotopic (exact) mass is 295 g/mol. The lowest BCUT2D eigenvalue weighted by Gasteiger charge is -2.10. The summed E-state index contributed by atoms with van der Waals surface area (Å²) >= 11 is 5.06. The number of benzene rings is 1. The van der Waals surface area contributed by atoms with Crippen LogP contribution in [0, 0.1) is 0 Å². The van der Waals surface area contributed by atoms with Crippen molar-refractivity contribution in [2.45, 2.75) is 20.5 Å². The standard InChI is InChI=1S/C14H21N3O2S/c1-5-15-14(20)17-16-10(2)11-6-7-13(19-4)12(8-11)9-18-3/h6-8H,5,9H2,1-4H3,(H2,15,17,20)/b16-10-. The van der Waals surface area contributed by atoms with E-state index >= 15 is 0 Å². The number of methoxy groups -OCH3 is 2. The Kier molecular flexibility index (Phi) is 6.97. The molecule has 0 heterocycles. The van der Waals surface area contributed by atoms with Gasteiger partial charge in [-0.15, -0.1) is 0 Å². The second-order valence-corrected chi connectivity index (χ2v) is 4.54. The van der Waals surface area contributed by atoms with Crippen LogP contribution in [0.15, 0.2) is 23.3 Å². The van der Waals surface area contributed by atoms with E-state index in [-0.39, 0.29) is 0 Å². The Morgan fingerprint density at radius 2 is 2.10 bits per heavy atom. The molecule has 0 spiro atoms. The van der Waals surface area contributed by atoms with Crippen molar-refractivity contribution in [1.82, 2.24) is 10.7 Å². The Hall–Kier alpha value is -1.66. The number of hydrogen-bond donors (Lipinski definition) is 2. The summed E-state index contributed by atoms with van der Waals surface area (Å²) in [5.41, 5.74) is 5.62. The van der Waals surface area contributed by atoms with Crippen molar-refractivity contribution in [3.8, 4) is 5.75 Å². The van der Waals surface area contributed by atoms with Crippen molar-refractivity contribution >= 4 is 23.0 Å². The SMILES string of the molecule is CCNC(=S)N/N=C(/C)c1ccc(OC)c(COC)c1. The molecule has 1 aromatic rings. The normalized spacial score (nSPS) is 11.1. The van der Waals surface area contributed by atoms with E-state index in [0.717, 1.165) is 29.1 Å². The number of nitrogens with zero attached hydrogens (tertiary/aromatic N) is 1. The summed E-state index contributed by atoms with van der Waals surface area (Å²) in [6.07, 6.45) is 0. The second kappa shape index (κ2) is 8.50. The molecule has 1 rings (SSSR count). The second-order valence-electron chi connectivity index (χ2n) is 4.13. The molecule has 2 N–H and O–H groups in total. The van der Waals surface area contributed by atoms with E-state index < -0.39 is 0 Å². The highest BCUT2D eigenvalue weighted by molar-refractivity contribution is 7.80. The molecule has 0 aliphatic rings. The minimum Gasteiger partial charge on any atom is -0.496 e. The van der Waals surface area contributed by atoms with E-state index in [1.807, 2.05) is 32.0 Å². The van der Waals surface area contributed by atoms with E-state index in [9.17, 15) is 0 Å². The van der Waals surface area contributed by atoms with Gasteiger partial charge in [0.2, 0.25) is 0 Å². The van der Waals surface area contributed by atoms with Gasteiger partial charge in [-0.05, 0) is 49.8 Å². The summed E-state index contributed by atoms with van der Waals surface area (Å²) in [5.74, 6) is 0.805. The topological polar surface area (TPSA) is 54.9 Å². The molecule has 0 amide bonds. The van der Waals surface area contributed by atoms with Gasteiger partial charge in [-0.3, -0.25) is 5.43 Å². The lowest BCUT2D eigenvalue weighted by molar-refractivity contribution is 0.181. The van der Waals surface area contributed by atoms with Crippen LogP contribution in [-0.2, 0) is 11.3 Å². The summed E-state index contributed by atoms with van der Waals surface area (Å²) in [7, 11) is 3.30. The molecule has 0 radical (unpaired) electrons. The summed E-state index contributed by atoms with van der Waals surface area (Å²) < 4.78 is 10.5. The Bertz CT molecular complexity index is 489. The fraction of sp³-hybridized carbons (Fsp3) is 0.429. The molecule has 0 saturated carbocycles. The van der Waals surface area contributed by atoms with Gasteiger partial charge in [0.1, 0.15) is 5.75 Å². The molecule has 0 aromatic heterocycles. The van der Waals surface area contributed by atoms with E-state index in [1.165, 1.54) is 0 Å². The third kappa shape index (κ3) is 4.79. The number of hydrogen-bond acceptors (Lipinski definition) is 4. The average Bonchev–Trinajstić information content (AvgIpc) is 2.45. The first-order valence-electron chi connectivity index (χ1n) is 6.36. The molecule has 0 fully saturated rings. The first kappa shape index (κ1) is 16.4. The number of rotatable bonds is 6. The van der Waals surface area contributed by atoms with Crippen LogP contribution in [0.3, 0.4) is 0 Å². The van der Waals surface area contributed by atoms with Crippen LogP contribution >= 0.6 is 12.2 Å². The number of thiocarbonyl (C=S) groups is 1. The summed E-state index contributed by atoms with van der Waals surface area (Å²) in [6, 6.07) is 5.86. The van der Waals surface area contributed by atoms with Crippen LogP contribution < -0.4 is 15.5 Å². The molecular formula is C14H21N3O2S. The molecule has 0 saturated heterocycles. The molecule has 0 bridgehead atoms. The highest BCUT2D eigenvalue weighted by atomic mass is 32.1. The van der Waals surface area contributed by atoms with Crippen LogP contribution in [0.25, 0.3) is 0 Å². The van der Waals surface area contributed by atoms with Crippen molar-refractivity contribution in [3.05, 3.63) is 29.3 Å². The quantitative estimate of drug-likeness (QED) is 0.478. The highest BCUT2D eigenvalue weighted by Gasteiger charge is 2.06. The molecule has 0 aliphatic carbocycles. The molecule has 0 atom stereocenters. The van der Waals surface area contributed by atoms with Crippen molar-refractivity contribution < 1.29 is 9.47 Å². The van der Waals surface area contributed by atoms with Gasteiger partial charge in [0.15, 0.2) is 5.11 Å². The fourth-order valence-electron chi connectivity index (χ4n) is 1.67. The molecule has 20 heavy (non-hydrogen) atoms. The lowest BCUT2D eigenvalue weighted by atomic mass is 10.1. The fourth-order valence-corrected chi connectivity index (χ4v) is 1.86. The first-order chi connectivity index (χ1) is 9.62. The zero-order valence-corrected chi connectivity index (χ0v) is 13.1. The minimum absolute atomic E-state index is 0.494. The highest BCUT2D eigenvalue weighted by Crippen LogP contribution is 2.21. The van der Waals surface area contributed by atoms with Crippen molar-refractivity contribution in [1.29, 1.82) is 0 Å². The van der Waals surface area contributed by atoms with Gasteiger partial charge in [-0.25, -0.2) is 0 Å². The Labute approximate surface area is 125 Å². The van der Waals surface area contributed by atoms with Gasteiger partial charge < -0.3 is 14.8 Å². The molecule has 1 aromatic carbocycles. The molecule has 0 aliphatic heterocycles. The third-order valence-electron chi connectivity index (χ3n) is 2.66. The van der Waals surface area contributed by atoms with Crippen LogP contribution in [0.4, 0.5) is 0 Å². The zero-order chi connectivity index (χ0) is 15.0. The van der Waals surface area contributed by atoms with Gasteiger partial charge in [0.05, 0.1) is 19.4 Å². The van der Waals surface area contributed by atoms with Crippen LogP contribution in [-0.4, -0.2) is 31.6 Å². The smallest absolute Gasteiger partial charge is 0.186 e. The van der Waals surface area contributed by atoms with Gasteiger partial charge in [0.25, 0.3) is 0 Å². The van der Waals surface area contributed by atoms with E-state index in [1.54, 1.807) is 14.2 Å². The maximum atomic E-state index is 5.30. The number of hydrazone groups is 1. The maximum Gasteiger partial charge on any atom is 0.186 e. The zero-order valence-electron chi connectivity index (χ0n) is 12.3. The molecular weight excluding hydrogens is 274 g/mol. The van der Waals surface area contributed by atoms with Gasteiger partial charge >= 0.3 is 0 Å². The Morgan fingerprint density at radius 1 is 1.35 bits per heavy atom. The molecule has 0 unspecified atom stereocenters. The Morgan fingerprint density at radius 3 is 2.70 bits per heavy atom. The van der Waals surface area contributed by atoms with E-state index in [2.05, 4.69) is 15.8 Å². The summed E-state index contributed by atoms with van der Waals surface area (Å²) in [6.45, 7) is 5.15. The van der Waals surface area contributed by atoms with Crippen LogP contribution in [0.2, 0.25) is 0 Å². The van der Waals surface area contributed by atoms with E-state index in [4.69, 9.17) is 21.7 Å². The minimum atomic E-state index is 0.494. The first-order valence-corrected chi connectivity index (χ1v) is 6.77. The number of ether oxygens (including phenoxy) is 2. The molecule has 5 nitrogen and oxygen atoms in total.